The molecule has 1 fully saturated rings. The van der Waals surface area contributed by atoms with Crippen LogP contribution in [0.4, 0.5) is 5.69 Å². The predicted molar refractivity (Wildman–Crippen MR) is 101 cm³/mol. The summed E-state index contributed by atoms with van der Waals surface area (Å²) in [4.78, 5) is 23.0. The third-order valence-electron chi connectivity index (χ3n) is 3.95. The lowest BCUT2D eigenvalue weighted by Gasteiger charge is -2.17. The molecule has 0 aromatic heterocycles. The van der Waals surface area contributed by atoms with Crippen molar-refractivity contribution in [3.8, 4) is 0 Å². The smallest absolute Gasteiger partial charge is 0.241 e. The Labute approximate surface area is 159 Å². The molecule has 8 nitrogen and oxygen atoms in total. The van der Waals surface area contributed by atoms with Crippen LogP contribution in [0, 0.1) is 5.92 Å². The number of amides is 2. The minimum atomic E-state index is -3.85. The number of carbonyl (C=O) groups excluding carboxylic acids is 2. The lowest BCUT2D eigenvalue weighted by atomic mass is 10.2. The van der Waals surface area contributed by atoms with Gasteiger partial charge in [0, 0.05) is 25.2 Å². The molecule has 1 aromatic rings. The Kier molecular flexibility index (Phi) is 8.01. The number of halogens is 1. The molecule has 2 rings (SSSR count). The fraction of sp³-hybridized carbons (Fsp3) is 0.500. The molecule has 0 heterocycles. The van der Waals surface area contributed by atoms with Gasteiger partial charge >= 0.3 is 0 Å². The highest BCUT2D eigenvalue weighted by Crippen LogP contribution is 2.31. The van der Waals surface area contributed by atoms with Gasteiger partial charge < -0.3 is 16.4 Å². The van der Waals surface area contributed by atoms with Gasteiger partial charge in [-0.1, -0.05) is 0 Å². The summed E-state index contributed by atoms with van der Waals surface area (Å²) in [7, 11) is -3.85. The Morgan fingerprint density at radius 2 is 1.81 bits per heavy atom. The number of hydrogen-bond acceptors (Lipinski definition) is 5. The van der Waals surface area contributed by atoms with Gasteiger partial charge in [0.2, 0.25) is 21.8 Å². The van der Waals surface area contributed by atoms with Crippen molar-refractivity contribution in [2.24, 2.45) is 11.7 Å². The molecule has 5 N–H and O–H groups in total. The Bertz CT molecular complexity index is 735. The van der Waals surface area contributed by atoms with Crippen molar-refractivity contribution in [2.75, 3.05) is 11.9 Å². The first kappa shape index (κ1) is 22.4. The SMILES string of the molecule is CC(=O)Nc1ccc(S(=O)(=O)NC(C)C(=O)NCC(N)C2CC2)cc1.Cl. The normalized spacial score (nSPS) is 16.1. The quantitative estimate of drug-likeness (QED) is 0.503. The van der Waals surface area contributed by atoms with Crippen LogP contribution in [0.5, 0.6) is 0 Å². The second-order valence-corrected chi connectivity index (χ2v) is 8.01. The second-order valence-electron chi connectivity index (χ2n) is 6.29. The first-order valence-electron chi connectivity index (χ1n) is 8.12. The number of nitrogens with two attached hydrogens (primary N) is 1. The molecule has 0 saturated heterocycles. The van der Waals surface area contributed by atoms with Crippen LogP contribution in [-0.4, -0.2) is 38.9 Å². The van der Waals surface area contributed by atoms with E-state index in [1.165, 1.54) is 38.1 Å². The molecule has 0 radical (unpaired) electrons. The summed E-state index contributed by atoms with van der Waals surface area (Å²) in [5.41, 5.74) is 6.40. The van der Waals surface area contributed by atoms with Crippen LogP contribution in [0.2, 0.25) is 0 Å². The van der Waals surface area contributed by atoms with E-state index in [0.29, 0.717) is 18.2 Å². The van der Waals surface area contributed by atoms with Crippen molar-refractivity contribution in [1.82, 2.24) is 10.0 Å². The standard InChI is InChI=1S/C16H24N4O4S.ClH/c1-10(16(22)18-9-15(17)12-3-4-12)20-25(23,24)14-7-5-13(6-8-14)19-11(2)21;/h5-8,10,12,15,20H,3-4,9,17H2,1-2H3,(H,18,22)(H,19,21);1H. The van der Waals surface area contributed by atoms with E-state index in [9.17, 15) is 18.0 Å². The van der Waals surface area contributed by atoms with E-state index in [1.807, 2.05) is 0 Å². The molecule has 2 amide bonds. The minimum Gasteiger partial charge on any atom is -0.353 e. The van der Waals surface area contributed by atoms with Gasteiger partial charge in [-0.3, -0.25) is 9.59 Å². The molecule has 26 heavy (non-hydrogen) atoms. The Balaban J connectivity index is 0.00000338. The molecule has 0 bridgehead atoms. The van der Waals surface area contributed by atoms with Crippen LogP contribution in [0.1, 0.15) is 26.7 Å². The predicted octanol–water partition coefficient (Wildman–Crippen LogP) is 0.587. The molecule has 146 valence electrons. The van der Waals surface area contributed by atoms with Gasteiger partial charge in [-0.05, 0) is 49.9 Å². The van der Waals surface area contributed by atoms with Crippen molar-refractivity contribution in [1.29, 1.82) is 0 Å². The van der Waals surface area contributed by atoms with Crippen LogP contribution >= 0.6 is 12.4 Å². The van der Waals surface area contributed by atoms with Crippen molar-refractivity contribution in [3.05, 3.63) is 24.3 Å². The van der Waals surface area contributed by atoms with Gasteiger partial charge in [0.15, 0.2) is 0 Å². The van der Waals surface area contributed by atoms with E-state index in [0.717, 1.165) is 12.8 Å². The van der Waals surface area contributed by atoms with E-state index >= 15 is 0 Å². The number of carbonyl (C=O) groups is 2. The van der Waals surface area contributed by atoms with Crippen molar-refractivity contribution in [3.63, 3.8) is 0 Å². The van der Waals surface area contributed by atoms with E-state index in [-0.39, 0.29) is 29.3 Å². The molecule has 10 heteroatoms. The van der Waals surface area contributed by atoms with Gasteiger partial charge in [-0.15, -0.1) is 12.4 Å². The maximum atomic E-state index is 12.3. The van der Waals surface area contributed by atoms with Crippen molar-refractivity contribution < 1.29 is 18.0 Å². The zero-order valence-corrected chi connectivity index (χ0v) is 16.3. The van der Waals surface area contributed by atoms with E-state index in [2.05, 4.69) is 15.4 Å². The van der Waals surface area contributed by atoms with Gasteiger partial charge in [0.25, 0.3) is 0 Å². The maximum Gasteiger partial charge on any atom is 0.241 e. The number of hydrogen-bond donors (Lipinski definition) is 4. The fourth-order valence-corrected chi connectivity index (χ4v) is 3.54. The molecule has 1 aromatic carbocycles. The molecule has 0 aliphatic heterocycles. The van der Waals surface area contributed by atoms with Crippen molar-refractivity contribution in [2.45, 2.75) is 43.7 Å². The largest absolute Gasteiger partial charge is 0.353 e. The molecule has 1 saturated carbocycles. The van der Waals surface area contributed by atoms with Crippen molar-refractivity contribution >= 4 is 39.9 Å². The molecule has 1 aliphatic carbocycles. The summed E-state index contributed by atoms with van der Waals surface area (Å²) >= 11 is 0. The topological polar surface area (TPSA) is 130 Å². The highest BCUT2D eigenvalue weighted by Gasteiger charge is 2.29. The third kappa shape index (κ3) is 6.56. The average molecular weight is 405 g/mol. The average Bonchev–Trinajstić information content (AvgIpc) is 3.36. The Morgan fingerprint density at radius 3 is 2.31 bits per heavy atom. The molecule has 2 unspecified atom stereocenters. The minimum absolute atomic E-state index is 0. The molecular weight excluding hydrogens is 380 g/mol. The van der Waals surface area contributed by atoms with Crippen LogP contribution in [-0.2, 0) is 19.6 Å². The third-order valence-corrected chi connectivity index (χ3v) is 5.51. The van der Waals surface area contributed by atoms with E-state index in [4.69, 9.17) is 5.73 Å². The number of nitrogens with one attached hydrogen (secondary N) is 3. The number of benzene rings is 1. The molecule has 1 aliphatic rings. The molecule has 0 spiro atoms. The van der Waals surface area contributed by atoms with E-state index < -0.39 is 22.0 Å². The number of rotatable bonds is 8. The highest BCUT2D eigenvalue weighted by atomic mass is 35.5. The summed E-state index contributed by atoms with van der Waals surface area (Å²) in [5, 5.41) is 5.22. The first-order chi connectivity index (χ1) is 11.7. The lowest BCUT2D eigenvalue weighted by molar-refractivity contribution is -0.122. The maximum absolute atomic E-state index is 12.3. The fourth-order valence-electron chi connectivity index (χ4n) is 2.34. The van der Waals surface area contributed by atoms with Gasteiger partial charge in [-0.25, -0.2) is 8.42 Å². The summed E-state index contributed by atoms with van der Waals surface area (Å²) in [6.07, 6.45) is 2.15. The highest BCUT2D eigenvalue weighted by molar-refractivity contribution is 7.89. The monoisotopic (exact) mass is 404 g/mol. The van der Waals surface area contributed by atoms with Crippen LogP contribution in [0.25, 0.3) is 0 Å². The summed E-state index contributed by atoms with van der Waals surface area (Å²) in [5.74, 6) is -0.215. The zero-order valence-electron chi connectivity index (χ0n) is 14.7. The second kappa shape index (κ2) is 9.31. The lowest BCUT2D eigenvalue weighted by Crippen LogP contribution is -2.48. The van der Waals surface area contributed by atoms with Crippen LogP contribution in [0.15, 0.2) is 29.2 Å². The van der Waals surface area contributed by atoms with Gasteiger partial charge in [0.05, 0.1) is 10.9 Å². The van der Waals surface area contributed by atoms with E-state index in [1.54, 1.807) is 0 Å². The number of sulfonamides is 1. The van der Waals surface area contributed by atoms with Crippen LogP contribution < -0.4 is 21.1 Å². The Hall–Kier alpha value is -1.68. The van der Waals surface area contributed by atoms with Crippen LogP contribution in [0.3, 0.4) is 0 Å². The van der Waals surface area contributed by atoms with Gasteiger partial charge in [-0.2, -0.15) is 4.72 Å². The zero-order chi connectivity index (χ0) is 18.6. The summed E-state index contributed by atoms with van der Waals surface area (Å²) < 4.78 is 27.0. The summed E-state index contributed by atoms with van der Waals surface area (Å²) in [6.45, 7) is 3.17. The summed E-state index contributed by atoms with van der Waals surface area (Å²) in [6, 6.07) is 4.67. The van der Waals surface area contributed by atoms with Gasteiger partial charge in [0.1, 0.15) is 0 Å². The first-order valence-corrected chi connectivity index (χ1v) is 9.60. The number of anilines is 1. The Morgan fingerprint density at radius 1 is 1.23 bits per heavy atom. The molecule has 2 atom stereocenters. The molecular formula is C16H25ClN4O4S.